The second-order valence-corrected chi connectivity index (χ2v) is 8.85. The van der Waals surface area contributed by atoms with Gasteiger partial charge in [-0.05, 0) is 44.9 Å². The van der Waals surface area contributed by atoms with Crippen molar-refractivity contribution >= 4 is 12.0 Å². The number of alkyl carbamates (subject to hydrolysis) is 1. The van der Waals surface area contributed by atoms with Crippen molar-refractivity contribution in [3.8, 4) is 0 Å². The van der Waals surface area contributed by atoms with Crippen LogP contribution in [0.25, 0.3) is 0 Å². The van der Waals surface area contributed by atoms with Crippen LogP contribution < -0.4 is 5.32 Å². The molecule has 10 heteroatoms. The maximum absolute atomic E-state index is 13.7. The first kappa shape index (κ1) is 23.6. The lowest BCUT2D eigenvalue weighted by Crippen LogP contribution is -2.45. The van der Waals surface area contributed by atoms with E-state index in [4.69, 9.17) is 4.74 Å². The van der Waals surface area contributed by atoms with Gasteiger partial charge in [-0.2, -0.15) is 0 Å². The van der Waals surface area contributed by atoms with E-state index in [2.05, 4.69) is 15.5 Å². The number of hydrogen-bond donors (Lipinski definition) is 1. The number of carbonyl (C=O) groups is 2. The van der Waals surface area contributed by atoms with E-state index in [-0.39, 0.29) is 18.7 Å². The van der Waals surface area contributed by atoms with Gasteiger partial charge in [-0.1, -0.05) is 13.0 Å². The molecule has 2 amide bonds. The molecule has 0 radical (unpaired) electrons. The largest absolute Gasteiger partial charge is 0.444 e. The molecule has 0 aliphatic carbocycles. The molecule has 1 aromatic carbocycles. The van der Waals surface area contributed by atoms with Gasteiger partial charge in [0, 0.05) is 32.0 Å². The minimum atomic E-state index is -0.980. The van der Waals surface area contributed by atoms with E-state index >= 15 is 0 Å². The molecule has 1 atom stereocenters. The monoisotopic (exact) mass is 449 g/mol. The van der Waals surface area contributed by atoms with Gasteiger partial charge < -0.3 is 19.5 Å². The van der Waals surface area contributed by atoms with Gasteiger partial charge in [-0.3, -0.25) is 4.79 Å². The summed E-state index contributed by atoms with van der Waals surface area (Å²) < 4.78 is 34.3. The van der Waals surface area contributed by atoms with E-state index < -0.39 is 29.4 Å². The molecule has 1 aliphatic rings. The zero-order valence-electron chi connectivity index (χ0n) is 18.8. The van der Waals surface area contributed by atoms with Crippen LogP contribution in [0.3, 0.4) is 0 Å². The minimum absolute atomic E-state index is 0.0208. The highest BCUT2D eigenvalue weighted by Crippen LogP contribution is 2.17. The number of hydrogen-bond acceptors (Lipinski definition) is 5. The van der Waals surface area contributed by atoms with Crippen LogP contribution in [0.2, 0.25) is 0 Å². The number of amides is 2. The summed E-state index contributed by atoms with van der Waals surface area (Å²) in [5.74, 6) is -0.508. The second-order valence-electron chi connectivity index (χ2n) is 8.85. The number of nitrogens with one attached hydrogen (secondary N) is 1. The SMILES string of the molecule is CCc1nnc2n1CCN(C(=O)CC(Cc1ccc(F)c(F)c1)NC(=O)OC(C)(C)C)C2. The number of rotatable bonds is 6. The van der Waals surface area contributed by atoms with E-state index in [1.165, 1.54) is 6.07 Å². The average Bonchev–Trinajstić information content (AvgIpc) is 3.11. The van der Waals surface area contributed by atoms with Crippen molar-refractivity contribution in [3.63, 3.8) is 0 Å². The van der Waals surface area contributed by atoms with Crippen molar-refractivity contribution in [1.82, 2.24) is 25.0 Å². The number of ether oxygens (including phenoxy) is 1. The van der Waals surface area contributed by atoms with Crippen LogP contribution in [0, 0.1) is 11.6 Å². The first-order chi connectivity index (χ1) is 15.1. The van der Waals surface area contributed by atoms with Gasteiger partial charge in [0.25, 0.3) is 0 Å². The van der Waals surface area contributed by atoms with Crippen molar-refractivity contribution in [1.29, 1.82) is 0 Å². The minimum Gasteiger partial charge on any atom is -0.444 e. The number of aryl methyl sites for hydroxylation is 1. The lowest BCUT2D eigenvalue weighted by atomic mass is 10.0. The maximum Gasteiger partial charge on any atom is 0.407 e. The number of benzene rings is 1. The van der Waals surface area contributed by atoms with Crippen LogP contribution in [0.15, 0.2) is 18.2 Å². The number of halogens is 2. The Labute approximate surface area is 185 Å². The Balaban J connectivity index is 1.71. The summed E-state index contributed by atoms with van der Waals surface area (Å²) >= 11 is 0. The number of carbonyl (C=O) groups excluding carboxylic acids is 2. The van der Waals surface area contributed by atoms with Gasteiger partial charge in [-0.15, -0.1) is 10.2 Å². The molecule has 32 heavy (non-hydrogen) atoms. The molecule has 1 aliphatic heterocycles. The molecule has 2 aromatic rings. The molecule has 8 nitrogen and oxygen atoms in total. The van der Waals surface area contributed by atoms with E-state index in [1.54, 1.807) is 25.7 Å². The average molecular weight is 450 g/mol. The molecule has 0 fully saturated rings. The number of nitrogens with zero attached hydrogens (tertiary/aromatic N) is 4. The first-order valence-electron chi connectivity index (χ1n) is 10.7. The highest BCUT2D eigenvalue weighted by molar-refractivity contribution is 5.78. The van der Waals surface area contributed by atoms with Crippen molar-refractivity contribution in [3.05, 3.63) is 47.0 Å². The highest BCUT2D eigenvalue weighted by Gasteiger charge is 2.28. The summed E-state index contributed by atoms with van der Waals surface area (Å²) in [6.07, 6.45) is 0.208. The third-order valence-electron chi connectivity index (χ3n) is 5.11. The van der Waals surface area contributed by atoms with Crippen LogP contribution in [-0.4, -0.2) is 49.9 Å². The van der Waals surface area contributed by atoms with Gasteiger partial charge in [0.1, 0.15) is 11.4 Å². The molecule has 2 heterocycles. The third kappa shape index (κ3) is 6.02. The fourth-order valence-electron chi connectivity index (χ4n) is 3.63. The zero-order chi connectivity index (χ0) is 23.5. The van der Waals surface area contributed by atoms with Crippen LogP contribution in [-0.2, 0) is 35.5 Å². The molecule has 0 spiro atoms. The Morgan fingerprint density at radius 3 is 2.59 bits per heavy atom. The fourth-order valence-corrected chi connectivity index (χ4v) is 3.63. The van der Waals surface area contributed by atoms with Crippen LogP contribution >= 0.6 is 0 Å². The van der Waals surface area contributed by atoms with E-state index in [0.717, 1.165) is 30.2 Å². The summed E-state index contributed by atoms with van der Waals surface area (Å²) in [7, 11) is 0. The topological polar surface area (TPSA) is 89.4 Å². The summed E-state index contributed by atoms with van der Waals surface area (Å²) in [5.41, 5.74) is -0.252. The summed E-state index contributed by atoms with van der Waals surface area (Å²) in [5, 5.41) is 11.0. The quantitative estimate of drug-likeness (QED) is 0.732. The lowest BCUT2D eigenvalue weighted by Gasteiger charge is -2.30. The fraction of sp³-hybridized carbons (Fsp3) is 0.545. The molecule has 174 valence electrons. The molecule has 1 aromatic heterocycles. The molecular formula is C22H29F2N5O3. The Bertz CT molecular complexity index is 986. The van der Waals surface area contributed by atoms with Crippen molar-refractivity contribution in [2.75, 3.05) is 6.54 Å². The van der Waals surface area contributed by atoms with Crippen molar-refractivity contribution in [2.45, 2.75) is 71.7 Å². The van der Waals surface area contributed by atoms with E-state index in [9.17, 15) is 18.4 Å². The van der Waals surface area contributed by atoms with Crippen molar-refractivity contribution in [2.24, 2.45) is 0 Å². The normalized spacial score (nSPS) is 14.6. The van der Waals surface area contributed by atoms with Crippen LogP contribution in [0.4, 0.5) is 13.6 Å². The second kappa shape index (κ2) is 9.62. The molecule has 1 unspecified atom stereocenters. The van der Waals surface area contributed by atoms with Crippen LogP contribution in [0.5, 0.6) is 0 Å². The Hall–Kier alpha value is -3.04. The summed E-state index contributed by atoms with van der Waals surface area (Å²) in [4.78, 5) is 27.0. The molecule has 0 bridgehead atoms. The van der Waals surface area contributed by atoms with Gasteiger partial charge in [-0.25, -0.2) is 13.6 Å². The predicted octanol–water partition coefficient (Wildman–Crippen LogP) is 2.99. The zero-order valence-corrected chi connectivity index (χ0v) is 18.8. The molecule has 3 rings (SSSR count). The maximum atomic E-state index is 13.7. The molecule has 0 saturated carbocycles. The molecule has 1 N–H and O–H groups in total. The Morgan fingerprint density at radius 2 is 1.94 bits per heavy atom. The van der Waals surface area contributed by atoms with Gasteiger partial charge >= 0.3 is 6.09 Å². The Morgan fingerprint density at radius 1 is 1.19 bits per heavy atom. The molecular weight excluding hydrogens is 420 g/mol. The number of fused-ring (bicyclic) bond motifs is 1. The van der Waals surface area contributed by atoms with E-state index in [0.29, 0.717) is 25.2 Å². The van der Waals surface area contributed by atoms with Crippen molar-refractivity contribution < 1.29 is 23.1 Å². The smallest absolute Gasteiger partial charge is 0.407 e. The third-order valence-corrected chi connectivity index (χ3v) is 5.11. The Kier molecular flexibility index (Phi) is 7.10. The lowest BCUT2D eigenvalue weighted by molar-refractivity contribution is -0.133. The highest BCUT2D eigenvalue weighted by atomic mass is 19.2. The van der Waals surface area contributed by atoms with E-state index in [1.807, 2.05) is 11.5 Å². The summed E-state index contributed by atoms with van der Waals surface area (Å²) in [6.45, 7) is 8.63. The predicted molar refractivity (Wildman–Crippen MR) is 113 cm³/mol. The standard InChI is InChI=1S/C22H29F2N5O3/c1-5-18-26-27-19-13-28(8-9-29(18)19)20(30)12-15(25-21(31)32-22(2,3)4)10-14-6-7-16(23)17(24)11-14/h6-7,11,15H,5,8-10,12-13H2,1-4H3,(H,25,31). The van der Waals surface area contributed by atoms with Crippen LogP contribution in [0.1, 0.15) is 51.3 Å². The van der Waals surface area contributed by atoms with Gasteiger partial charge in [0.15, 0.2) is 17.5 Å². The number of aromatic nitrogens is 3. The first-order valence-corrected chi connectivity index (χ1v) is 10.7. The van der Waals surface area contributed by atoms with Gasteiger partial charge in [0.2, 0.25) is 5.91 Å². The summed E-state index contributed by atoms with van der Waals surface area (Å²) in [6, 6.07) is 2.87. The van der Waals surface area contributed by atoms with Gasteiger partial charge in [0.05, 0.1) is 6.54 Å². The molecule has 0 saturated heterocycles.